The third-order valence-electron chi connectivity index (χ3n) is 5.60. The van der Waals surface area contributed by atoms with E-state index in [4.69, 9.17) is 21.7 Å². The lowest BCUT2D eigenvalue weighted by Crippen LogP contribution is -2.27. The Morgan fingerprint density at radius 2 is 1.86 bits per heavy atom. The highest BCUT2D eigenvalue weighted by atomic mass is 32.2. The van der Waals surface area contributed by atoms with Crippen LogP contribution in [0.2, 0.25) is 0 Å². The molecule has 3 aromatic rings. The SMILES string of the molecule is COc1cc(/C=C2\SC(=S)N(c3ccc(F)cc3)C2=O)ccc1OCC(=O)Nc1cccc(C)c1C. The third-order valence-corrected chi connectivity index (χ3v) is 6.90. The Kier molecular flexibility index (Phi) is 7.71. The summed E-state index contributed by atoms with van der Waals surface area (Å²) in [5.74, 6) is -0.169. The van der Waals surface area contributed by atoms with Gasteiger partial charge < -0.3 is 14.8 Å². The number of aryl methyl sites for hydroxylation is 1. The summed E-state index contributed by atoms with van der Waals surface area (Å²) in [7, 11) is 1.50. The average Bonchev–Trinajstić information content (AvgIpc) is 3.14. The number of nitrogens with zero attached hydrogens (tertiary/aromatic N) is 1. The number of anilines is 2. The second kappa shape index (κ2) is 10.9. The number of hydrogen-bond donors (Lipinski definition) is 1. The number of ether oxygens (including phenoxy) is 2. The Morgan fingerprint density at radius 1 is 1.11 bits per heavy atom. The van der Waals surface area contributed by atoms with Gasteiger partial charge in [-0.2, -0.15) is 0 Å². The van der Waals surface area contributed by atoms with E-state index in [2.05, 4.69) is 5.32 Å². The summed E-state index contributed by atoms with van der Waals surface area (Å²) in [6.07, 6.45) is 1.70. The molecule has 0 bridgehead atoms. The number of carbonyl (C=O) groups is 2. The Hall–Kier alpha value is -3.69. The molecule has 0 radical (unpaired) electrons. The predicted molar refractivity (Wildman–Crippen MR) is 145 cm³/mol. The number of rotatable bonds is 7. The van der Waals surface area contributed by atoms with Gasteiger partial charge in [0.2, 0.25) is 0 Å². The van der Waals surface area contributed by atoms with Crippen molar-refractivity contribution in [3.05, 3.63) is 88.1 Å². The maximum absolute atomic E-state index is 13.3. The molecule has 0 aliphatic carbocycles. The fourth-order valence-corrected chi connectivity index (χ4v) is 4.84. The second-order valence-corrected chi connectivity index (χ2v) is 9.66. The summed E-state index contributed by atoms with van der Waals surface area (Å²) in [6.45, 7) is 3.73. The zero-order chi connectivity index (χ0) is 25.8. The van der Waals surface area contributed by atoms with Crippen molar-refractivity contribution in [3.63, 3.8) is 0 Å². The first-order chi connectivity index (χ1) is 17.3. The van der Waals surface area contributed by atoms with Gasteiger partial charge in [-0.05, 0) is 79.1 Å². The summed E-state index contributed by atoms with van der Waals surface area (Å²) in [4.78, 5) is 27.2. The number of thioether (sulfide) groups is 1. The van der Waals surface area contributed by atoms with Crippen molar-refractivity contribution in [2.45, 2.75) is 13.8 Å². The van der Waals surface area contributed by atoms with Gasteiger partial charge in [0.15, 0.2) is 22.4 Å². The van der Waals surface area contributed by atoms with Crippen LogP contribution in [0.25, 0.3) is 6.08 Å². The van der Waals surface area contributed by atoms with E-state index in [0.29, 0.717) is 32.0 Å². The van der Waals surface area contributed by atoms with Crippen molar-refractivity contribution in [1.82, 2.24) is 0 Å². The highest BCUT2D eigenvalue weighted by molar-refractivity contribution is 8.27. The van der Waals surface area contributed by atoms with Gasteiger partial charge in [0.05, 0.1) is 17.7 Å². The van der Waals surface area contributed by atoms with Crippen LogP contribution in [0.1, 0.15) is 16.7 Å². The van der Waals surface area contributed by atoms with E-state index in [1.165, 1.54) is 36.3 Å². The maximum atomic E-state index is 13.3. The molecule has 1 aliphatic heterocycles. The molecule has 3 aromatic carbocycles. The van der Waals surface area contributed by atoms with Crippen molar-refractivity contribution >= 4 is 57.6 Å². The van der Waals surface area contributed by atoms with Crippen molar-refractivity contribution < 1.29 is 23.5 Å². The Morgan fingerprint density at radius 3 is 2.58 bits per heavy atom. The molecule has 4 rings (SSSR count). The minimum Gasteiger partial charge on any atom is -0.493 e. The van der Waals surface area contributed by atoms with Crippen molar-refractivity contribution in [1.29, 1.82) is 0 Å². The molecule has 0 unspecified atom stereocenters. The third kappa shape index (κ3) is 5.58. The number of amides is 2. The fourth-order valence-electron chi connectivity index (χ4n) is 3.54. The zero-order valence-corrected chi connectivity index (χ0v) is 21.5. The molecule has 0 atom stereocenters. The lowest BCUT2D eigenvalue weighted by molar-refractivity contribution is -0.118. The quantitative estimate of drug-likeness (QED) is 0.309. The Balaban J connectivity index is 1.45. The number of nitrogens with one attached hydrogen (secondary N) is 1. The maximum Gasteiger partial charge on any atom is 0.270 e. The van der Waals surface area contributed by atoms with Gasteiger partial charge in [-0.1, -0.05) is 42.2 Å². The van der Waals surface area contributed by atoms with E-state index in [9.17, 15) is 14.0 Å². The number of methoxy groups -OCH3 is 1. The van der Waals surface area contributed by atoms with E-state index in [0.717, 1.165) is 28.6 Å². The van der Waals surface area contributed by atoms with Crippen LogP contribution in [0.3, 0.4) is 0 Å². The molecule has 0 saturated carbocycles. The van der Waals surface area contributed by atoms with Gasteiger partial charge in [-0.3, -0.25) is 14.5 Å². The van der Waals surface area contributed by atoms with Crippen LogP contribution in [-0.4, -0.2) is 29.9 Å². The first-order valence-corrected chi connectivity index (χ1v) is 12.2. The van der Waals surface area contributed by atoms with E-state index in [1.807, 2.05) is 32.0 Å². The minimum atomic E-state index is -0.392. The van der Waals surface area contributed by atoms with Crippen LogP contribution in [0.4, 0.5) is 15.8 Å². The van der Waals surface area contributed by atoms with Crippen LogP contribution in [0.5, 0.6) is 11.5 Å². The smallest absolute Gasteiger partial charge is 0.270 e. The molecule has 1 heterocycles. The number of thiocarbonyl (C=S) groups is 1. The van der Waals surface area contributed by atoms with E-state index < -0.39 is 5.82 Å². The highest BCUT2D eigenvalue weighted by Gasteiger charge is 2.33. The molecule has 0 spiro atoms. The van der Waals surface area contributed by atoms with Crippen LogP contribution >= 0.6 is 24.0 Å². The molecule has 6 nitrogen and oxygen atoms in total. The van der Waals surface area contributed by atoms with Gasteiger partial charge in [-0.25, -0.2) is 4.39 Å². The second-order valence-electron chi connectivity index (χ2n) is 7.99. The minimum absolute atomic E-state index is 0.195. The molecule has 184 valence electrons. The van der Waals surface area contributed by atoms with Crippen molar-refractivity contribution in [2.24, 2.45) is 0 Å². The molecule has 1 N–H and O–H groups in total. The van der Waals surface area contributed by atoms with Gasteiger partial charge >= 0.3 is 0 Å². The standard InChI is InChI=1S/C27H23FN2O4S2/c1-16-5-4-6-21(17(16)2)29-25(31)15-34-22-12-7-18(13-23(22)33-3)14-24-26(32)30(27(35)36-24)20-10-8-19(28)9-11-20/h4-14H,15H2,1-3H3,(H,29,31)/b24-14-. The fraction of sp³-hybridized carbons (Fsp3) is 0.148. The normalized spacial score (nSPS) is 14.3. The molecular formula is C27H23FN2O4S2. The lowest BCUT2D eigenvalue weighted by Gasteiger charge is -2.14. The summed E-state index contributed by atoms with van der Waals surface area (Å²) in [6, 6.07) is 16.4. The van der Waals surface area contributed by atoms with Crippen LogP contribution in [0, 0.1) is 19.7 Å². The number of benzene rings is 3. The molecule has 1 saturated heterocycles. The molecule has 0 aromatic heterocycles. The van der Waals surface area contributed by atoms with Gasteiger partial charge in [0.25, 0.3) is 11.8 Å². The number of carbonyl (C=O) groups excluding carboxylic acids is 2. The van der Waals surface area contributed by atoms with Crippen LogP contribution < -0.4 is 19.7 Å². The molecule has 1 aliphatic rings. The first-order valence-electron chi connectivity index (χ1n) is 11.0. The Bertz CT molecular complexity index is 1370. The summed E-state index contributed by atoms with van der Waals surface area (Å²) in [5.41, 5.74) is 4.02. The van der Waals surface area contributed by atoms with Crippen LogP contribution in [-0.2, 0) is 9.59 Å². The van der Waals surface area contributed by atoms with E-state index >= 15 is 0 Å². The van der Waals surface area contributed by atoms with Crippen LogP contribution in [0.15, 0.2) is 65.6 Å². The highest BCUT2D eigenvalue weighted by Crippen LogP contribution is 2.37. The lowest BCUT2D eigenvalue weighted by atomic mass is 10.1. The van der Waals surface area contributed by atoms with E-state index in [1.54, 1.807) is 24.3 Å². The summed E-state index contributed by atoms with van der Waals surface area (Å²) >= 11 is 6.53. The van der Waals surface area contributed by atoms with Gasteiger partial charge in [0.1, 0.15) is 5.82 Å². The molecule has 1 fully saturated rings. The first kappa shape index (κ1) is 25.4. The average molecular weight is 523 g/mol. The van der Waals surface area contributed by atoms with Gasteiger partial charge in [0, 0.05) is 5.69 Å². The molecule has 9 heteroatoms. The predicted octanol–water partition coefficient (Wildman–Crippen LogP) is 5.87. The zero-order valence-electron chi connectivity index (χ0n) is 19.8. The van der Waals surface area contributed by atoms with E-state index in [-0.39, 0.29) is 18.4 Å². The summed E-state index contributed by atoms with van der Waals surface area (Å²) in [5, 5.41) is 2.86. The summed E-state index contributed by atoms with van der Waals surface area (Å²) < 4.78 is 24.8. The molecular weight excluding hydrogens is 499 g/mol. The molecule has 36 heavy (non-hydrogen) atoms. The monoisotopic (exact) mass is 522 g/mol. The largest absolute Gasteiger partial charge is 0.493 e. The van der Waals surface area contributed by atoms with Crippen molar-refractivity contribution in [3.8, 4) is 11.5 Å². The molecule has 2 amide bonds. The van der Waals surface area contributed by atoms with Crippen molar-refractivity contribution in [2.75, 3.05) is 23.9 Å². The van der Waals surface area contributed by atoms with Gasteiger partial charge in [-0.15, -0.1) is 0 Å². The number of halogens is 1. The topological polar surface area (TPSA) is 67.9 Å². The Labute approximate surface area is 218 Å². The number of hydrogen-bond acceptors (Lipinski definition) is 6.